The standard InChI is InChI=1S/C18H25N5O2S/c1-3-25-15-9-7-14(8-10-15)17-20-21-18(23(17)19)26-12-16(24)22-11-5-4-6-13(22)2/h7-10,13H,3-6,11-12,19H2,1-2H3/t13-/m1/s1. The molecule has 2 N–H and O–H groups in total. The first-order chi connectivity index (χ1) is 12.6. The summed E-state index contributed by atoms with van der Waals surface area (Å²) in [7, 11) is 0. The van der Waals surface area contributed by atoms with Crippen LogP contribution in [0.4, 0.5) is 0 Å². The normalized spacial score (nSPS) is 17.3. The van der Waals surface area contributed by atoms with Crippen molar-refractivity contribution in [3.63, 3.8) is 0 Å². The molecule has 2 heterocycles. The van der Waals surface area contributed by atoms with Gasteiger partial charge in [0, 0.05) is 18.2 Å². The fraction of sp³-hybridized carbons (Fsp3) is 0.500. The summed E-state index contributed by atoms with van der Waals surface area (Å²) in [5.41, 5.74) is 0.853. The zero-order valence-corrected chi connectivity index (χ0v) is 16.0. The SMILES string of the molecule is CCOc1ccc(-c2nnc(SCC(=O)N3CCCC[C@H]3C)n2N)cc1. The van der Waals surface area contributed by atoms with E-state index in [0.717, 1.165) is 30.7 Å². The monoisotopic (exact) mass is 375 g/mol. The molecule has 1 aromatic carbocycles. The van der Waals surface area contributed by atoms with E-state index >= 15 is 0 Å². The minimum atomic E-state index is 0.132. The lowest BCUT2D eigenvalue weighted by Crippen LogP contribution is -2.43. The molecular weight excluding hydrogens is 350 g/mol. The highest BCUT2D eigenvalue weighted by atomic mass is 32.2. The van der Waals surface area contributed by atoms with Crippen LogP contribution >= 0.6 is 11.8 Å². The summed E-state index contributed by atoms with van der Waals surface area (Å²) in [4.78, 5) is 14.4. The molecule has 0 bridgehead atoms. The van der Waals surface area contributed by atoms with Gasteiger partial charge in [0.15, 0.2) is 5.82 Å². The number of nitrogen functional groups attached to an aromatic ring is 1. The molecule has 1 atom stereocenters. The van der Waals surface area contributed by atoms with Gasteiger partial charge in [0.2, 0.25) is 11.1 Å². The molecule has 1 aliphatic rings. The molecule has 0 spiro atoms. The highest BCUT2D eigenvalue weighted by Gasteiger charge is 2.24. The van der Waals surface area contributed by atoms with E-state index in [1.54, 1.807) is 0 Å². The number of thioether (sulfide) groups is 1. The van der Waals surface area contributed by atoms with Crippen molar-refractivity contribution >= 4 is 17.7 Å². The summed E-state index contributed by atoms with van der Waals surface area (Å²) in [5.74, 6) is 7.96. The van der Waals surface area contributed by atoms with Crippen molar-refractivity contribution in [3.8, 4) is 17.1 Å². The van der Waals surface area contributed by atoms with Crippen molar-refractivity contribution in [2.24, 2.45) is 0 Å². The average molecular weight is 375 g/mol. The number of rotatable bonds is 6. The largest absolute Gasteiger partial charge is 0.494 e. The number of aromatic nitrogens is 3. The van der Waals surface area contributed by atoms with Gasteiger partial charge in [-0.1, -0.05) is 11.8 Å². The fourth-order valence-electron chi connectivity index (χ4n) is 3.12. The van der Waals surface area contributed by atoms with E-state index in [1.807, 2.05) is 36.1 Å². The van der Waals surface area contributed by atoms with E-state index in [2.05, 4.69) is 17.1 Å². The number of piperidine rings is 1. The van der Waals surface area contributed by atoms with Gasteiger partial charge in [-0.3, -0.25) is 4.79 Å². The number of carbonyl (C=O) groups excluding carboxylic acids is 1. The lowest BCUT2D eigenvalue weighted by Gasteiger charge is -2.33. The maximum absolute atomic E-state index is 12.5. The van der Waals surface area contributed by atoms with Crippen molar-refractivity contribution in [1.29, 1.82) is 0 Å². The van der Waals surface area contributed by atoms with Crippen molar-refractivity contribution < 1.29 is 9.53 Å². The van der Waals surface area contributed by atoms with Gasteiger partial charge in [0.05, 0.1) is 12.4 Å². The maximum atomic E-state index is 12.5. The smallest absolute Gasteiger partial charge is 0.233 e. The van der Waals surface area contributed by atoms with E-state index in [4.69, 9.17) is 10.6 Å². The van der Waals surface area contributed by atoms with E-state index in [9.17, 15) is 4.79 Å². The zero-order chi connectivity index (χ0) is 18.5. The molecule has 1 aromatic heterocycles. The Morgan fingerprint density at radius 2 is 2.08 bits per heavy atom. The zero-order valence-electron chi connectivity index (χ0n) is 15.2. The maximum Gasteiger partial charge on any atom is 0.233 e. The third kappa shape index (κ3) is 4.12. The number of benzene rings is 1. The molecule has 1 fully saturated rings. The highest BCUT2D eigenvalue weighted by molar-refractivity contribution is 7.99. The third-order valence-electron chi connectivity index (χ3n) is 4.54. The first-order valence-corrected chi connectivity index (χ1v) is 9.94. The van der Waals surface area contributed by atoms with Crippen LogP contribution in [0.1, 0.15) is 33.1 Å². The summed E-state index contributed by atoms with van der Waals surface area (Å²) in [6.07, 6.45) is 3.35. The minimum absolute atomic E-state index is 0.132. The van der Waals surface area contributed by atoms with Crippen molar-refractivity contribution in [2.75, 3.05) is 24.7 Å². The van der Waals surface area contributed by atoms with Gasteiger partial charge in [-0.25, -0.2) is 4.68 Å². The summed E-state index contributed by atoms with van der Waals surface area (Å²) in [6.45, 7) is 5.52. The number of hydrogen-bond acceptors (Lipinski definition) is 6. The molecule has 0 saturated carbocycles. The van der Waals surface area contributed by atoms with Crippen molar-refractivity contribution in [2.45, 2.75) is 44.3 Å². The Bertz CT molecular complexity index is 747. The predicted molar refractivity (Wildman–Crippen MR) is 103 cm³/mol. The van der Waals surface area contributed by atoms with Gasteiger partial charge >= 0.3 is 0 Å². The lowest BCUT2D eigenvalue weighted by molar-refractivity contribution is -0.131. The Kier molecular flexibility index (Phi) is 6.03. The molecule has 1 amide bonds. The van der Waals surface area contributed by atoms with Gasteiger partial charge in [-0.05, 0) is 57.4 Å². The molecule has 2 aromatic rings. The Morgan fingerprint density at radius 3 is 2.77 bits per heavy atom. The van der Waals surface area contributed by atoms with Crippen LogP contribution in [0, 0.1) is 0 Å². The topological polar surface area (TPSA) is 86.3 Å². The number of ether oxygens (including phenoxy) is 1. The molecule has 0 radical (unpaired) electrons. The summed E-state index contributed by atoms with van der Waals surface area (Å²) in [5, 5.41) is 8.84. The summed E-state index contributed by atoms with van der Waals surface area (Å²) in [6, 6.07) is 7.86. The summed E-state index contributed by atoms with van der Waals surface area (Å²) < 4.78 is 6.88. The number of hydrogen-bond donors (Lipinski definition) is 1. The Morgan fingerprint density at radius 1 is 1.31 bits per heavy atom. The molecule has 1 aliphatic heterocycles. The first-order valence-electron chi connectivity index (χ1n) is 8.96. The predicted octanol–water partition coefficient (Wildman–Crippen LogP) is 2.55. The van der Waals surface area contributed by atoms with Crippen LogP contribution < -0.4 is 10.6 Å². The van der Waals surface area contributed by atoms with E-state index in [1.165, 1.54) is 22.9 Å². The highest BCUT2D eigenvalue weighted by Crippen LogP contribution is 2.25. The number of amides is 1. The van der Waals surface area contributed by atoms with E-state index in [-0.39, 0.29) is 5.91 Å². The second-order valence-corrected chi connectivity index (χ2v) is 7.30. The summed E-state index contributed by atoms with van der Waals surface area (Å²) >= 11 is 1.33. The van der Waals surface area contributed by atoms with Gasteiger partial charge in [0.25, 0.3) is 0 Å². The first kappa shape index (κ1) is 18.6. The molecule has 1 saturated heterocycles. The molecule has 140 valence electrons. The minimum Gasteiger partial charge on any atom is -0.494 e. The van der Waals surface area contributed by atoms with Crippen LogP contribution in [0.15, 0.2) is 29.4 Å². The Balaban J connectivity index is 1.64. The molecular formula is C18H25N5O2S. The van der Waals surface area contributed by atoms with Gasteiger partial charge < -0.3 is 15.5 Å². The number of carbonyl (C=O) groups is 1. The molecule has 0 unspecified atom stereocenters. The average Bonchev–Trinajstić information content (AvgIpc) is 3.02. The van der Waals surface area contributed by atoms with Crippen LogP contribution in [0.3, 0.4) is 0 Å². The molecule has 26 heavy (non-hydrogen) atoms. The Hall–Kier alpha value is -2.22. The molecule has 0 aliphatic carbocycles. The van der Waals surface area contributed by atoms with Gasteiger partial charge in [-0.2, -0.15) is 0 Å². The second kappa shape index (κ2) is 8.44. The van der Waals surface area contributed by atoms with Crippen molar-refractivity contribution in [3.05, 3.63) is 24.3 Å². The van der Waals surface area contributed by atoms with E-state index < -0.39 is 0 Å². The number of nitrogens with zero attached hydrogens (tertiary/aromatic N) is 4. The fourth-order valence-corrected chi connectivity index (χ4v) is 3.86. The second-order valence-electron chi connectivity index (χ2n) is 6.35. The molecule has 7 nitrogen and oxygen atoms in total. The number of nitrogens with two attached hydrogens (primary N) is 1. The van der Waals surface area contributed by atoms with Gasteiger partial charge in [0.1, 0.15) is 5.75 Å². The lowest BCUT2D eigenvalue weighted by atomic mass is 10.0. The van der Waals surface area contributed by atoms with E-state index in [0.29, 0.717) is 29.4 Å². The number of likely N-dealkylation sites (tertiary alicyclic amines) is 1. The molecule has 3 rings (SSSR count). The van der Waals surface area contributed by atoms with Gasteiger partial charge in [-0.15, -0.1) is 10.2 Å². The van der Waals surface area contributed by atoms with Crippen LogP contribution in [-0.2, 0) is 4.79 Å². The van der Waals surface area contributed by atoms with Crippen LogP contribution in [-0.4, -0.2) is 50.6 Å². The molecule has 8 heteroatoms. The third-order valence-corrected chi connectivity index (χ3v) is 5.46. The van der Waals surface area contributed by atoms with Crippen LogP contribution in [0.5, 0.6) is 5.75 Å². The Labute approximate surface area is 157 Å². The van der Waals surface area contributed by atoms with Crippen molar-refractivity contribution in [1.82, 2.24) is 19.8 Å². The van der Waals surface area contributed by atoms with Crippen LogP contribution in [0.25, 0.3) is 11.4 Å². The quantitative estimate of drug-likeness (QED) is 0.617. The van der Waals surface area contributed by atoms with Crippen LogP contribution in [0.2, 0.25) is 0 Å².